The van der Waals surface area contributed by atoms with Gasteiger partial charge < -0.3 is 15.6 Å². The summed E-state index contributed by atoms with van der Waals surface area (Å²) in [6.07, 6.45) is 4.34. The van der Waals surface area contributed by atoms with Gasteiger partial charge in [-0.1, -0.05) is 0 Å². The molecule has 0 bridgehead atoms. The van der Waals surface area contributed by atoms with Crippen LogP contribution >= 0.6 is 0 Å². The summed E-state index contributed by atoms with van der Waals surface area (Å²) in [6, 6.07) is 1.79. The second-order valence-electron chi connectivity index (χ2n) is 4.00. The average Bonchev–Trinajstić information content (AvgIpc) is 2.75. The number of aromatic nitrogens is 3. The van der Waals surface area contributed by atoms with Gasteiger partial charge in [0.05, 0.1) is 5.39 Å². The standard InChI is InChI=1S/C11H15N5/c12-8-2-5-16(6-3-8)11-9-1-4-13-10(9)14-7-15-11/h1,4,7-8H,2-3,5-6,12H2,(H,13,14,15)/i5D2. The van der Waals surface area contributed by atoms with Crippen molar-refractivity contribution in [3.05, 3.63) is 18.6 Å². The fraction of sp³-hybridized carbons (Fsp3) is 0.455. The lowest BCUT2D eigenvalue weighted by Gasteiger charge is -2.31. The molecular weight excluding hydrogens is 202 g/mol. The van der Waals surface area contributed by atoms with Crippen LogP contribution in [0.1, 0.15) is 15.6 Å². The van der Waals surface area contributed by atoms with Gasteiger partial charge in [0.2, 0.25) is 0 Å². The van der Waals surface area contributed by atoms with Crippen molar-refractivity contribution in [3.63, 3.8) is 0 Å². The minimum Gasteiger partial charge on any atom is -0.356 e. The first-order chi connectivity index (χ1) is 8.58. The highest BCUT2D eigenvalue weighted by Crippen LogP contribution is 2.24. The van der Waals surface area contributed by atoms with E-state index in [4.69, 9.17) is 8.48 Å². The molecule has 1 saturated heterocycles. The van der Waals surface area contributed by atoms with E-state index in [0.29, 0.717) is 18.8 Å². The van der Waals surface area contributed by atoms with Crippen LogP contribution in [-0.2, 0) is 0 Å². The van der Waals surface area contributed by atoms with Crippen LogP contribution in [0.15, 0.2) is 18.6 Å². The molecule has 84 valence electrons. The molecule has 16 heavy (non-hydrogen) atoms. The number of hydrogen-bond acceptors (Lipinski definition) is 4. The Morgan fingerprint density at radius 2 is 2.44 bits per heavy atom. The first kappa shape index (κ1) is 7.62. The van der Waals surface area contributed by atoms with Gasteiger partial charge in [-0.15, -0.1) is 0 Å². The van der Waals surface area contributed by atoms with Gasteiger partial charge in [0.25, 0.3) is 0 Å². The molecule has 3 rings (SSSR count). The van der Waals surface area contributed by atoms with E-state index in [-0.39, 0.29) is 6.04 Å². The van der Waals surface area contributed by atoms with E-state index in [2.05, 4.69) is 15.0 Å². The maximum absolute atomic E-state index is 8.12. The Morgan fingerprint density at radius 3 is 3.31 bits per heavy atom. The lowest BCUT2D eigenvalue weighted by Crippen LogP contribution is -2.40. The Bertz CT molecular complexity index is 567. The van der Waals surface area contributed by atoms with Crippen molar-refractivity contribution in [2.75, 3.05) is 17.9 Å². The van der Waals surface area contributed by atoms with Gasteiger partial charge in [-0.25, -0.2) is 9.97 Å². The second kappa shape index (κ2) is 3.75. The largest absolute Gasteiger partial charge is 0.356 e. The topological polar surface area (TPSA) is 70.8 Å². The van der Waals surface area contributed by atoms with Gasteiger partial charge >= 0.3 is 0 Å². The molecule has 0 radical (unpaired) electrons. The third kappa shape index (κ3) is 1.53. The number of nitrogens with zero attached hydrogens (tertiary/aromatic N) is 3. The van der Waals surface area contributed by atoms with E-state index in [9.17, 15) is 0 Å². The van der Waals surface area contributed by atoms with Crippen LogP contribution < -0.4 is 10.6 Å². The highest BCUT2D eigenvalue weighted by atomic mass is 15.2. The first-order valence-corrected chi connectivity index (χ1v) is 5.39. The van der Waals surface area contributed by atoms with Crippen molar-refractivity contribution in [2.24, 2.45) is 5.73 Å². The predicted octanol–water partition coefficient (Wildman–Crippen LogP) is 0.885. The van der Waals surface area contributed by atoms with Gasteiger partial charge in [0.1, 0.15) is 17.8 Å². The highest BCUT2D eigenvalue weighted by molar-refractivity contribution is 5.87. The van der Waals surface area contributed by atoms with Crippen LogP contribution in [-0.4, -0.2) is 34.0 Å². The zero-order valence-corrected chi connectivity index (χ0v) is 8.85. The summed E-state index contributed by atoms with van der Waals surface area (Å²) in [5.74, 6) is 0.637. The van der Waals surface area contributed by atoms with E-state index in [1.165, 1.54) is 6.33 Å². The molecule has 0 amide bonds. The average molecular weight is 219 g/mol. The van der Waals surface area contributed by atoms with E-state index >= 15 is 0 Å². The second-order valence-corrected chi connectivity index (χ2v) is 4.00. The molecule has 5 heteroatoms. The van der Waals surface area contributed by atoms with Crippen LogP contribution in [0.2, 0.25) is 0 Å². The molecule has 1 aliphatic rings. The molecule has 5 nitrogen and oxygen atoms in total. The number of H-pyrrole nitrogens is 1. The molecule has 0 aliphatic carbocycles. The monoisotopic (exact) mass is 219 g/mol. The summed E-state index contributed by atoms with van der Waals surface area (Å²) in [5.41, 5.74) is 6.57. The minimum atomic E-state index is -1.46. The van der Waals surface area contributed by atoms with Gasteiger partial charge in [-0.2, -0.15) is 0 Å². The molecule has 3 N–H and O–H groups in total. The van der Waals surface area contributed by atoms with E-state index in [1.54, 1.807) is 11.1 Å². The summed E-state index contributed by atoms with van der Waals surface area (Å²) in [4.78, 5) is 13.1. The van der Waals surface area contributed by atoms with Gasteiger partial charge in [-0.3, -0.25) is 0 Å². The summed E-state index contributed by atoms with van der Waals surface area (Å²) in [5, 5.41) is 0.844. The van der Waals surface area contributed by atoms with Crippen molar-refractivity contribution < 1.29 is 2.74 Å². The van der Waals surface area contributed by atoms with Gasteiger partial charge in [0, 0.05) is 28.0 Å². The quantitative estimate of drug-likeness (QED) is 0.747. The number of aromatic amines is 1. The number of piperidine rings is 1. The highest BCUT2D eigenvalue weighted by Gasteiger charge is 2.19. The summed E-state index contributed by atoms with van der Waals surface area (Å²) in [6.45, 7) is -0.887. The molecule has 1 atom stereocenters. The predicted molar refractivity (Wildman–Crippen MR) is 63.3 cm³/mol. The Kier molecular flexibility index (Phi) is 1.79. The molecule has 0 saturated carbocycles. The molecule has 0 aromatic carbocycles. The zero-order valence-electron chi connectivity index (χ0n) is 10.8. The smallest absolute Gasteiger partial charge is 0.142 e. The molecule has 1 aliphatic heterocycles. The number of hydrogen-bond donors (Lipinski definition) is 2. The van der Waals surface area contributed by atoms with E-state index in [1.807, 2.05) is 6.07 Å². The molecule has 3 heterocycles. The van der Waals surface area contributed by atoms with Crippen molar-refractivity contribution in [2.45, 2.75) is 18.9 Å². The Balaban J connectivity index is 2.06. The van der Waals surface area contributed by atoms with Crippen LogP contribution in [0.4, 0.5) is 5.82 Å². The molecular formula is C11H15N5. The van der Waals surface area contributed by atoms with Crippen molar-refractivity contribution >= 4 is 16.9 Å². The fourth-order valence-electron chi connectivity index (χ4n) is 1.96. The Hall–Kier alpha value is -1.62. The maximum Gasteiger partial charge on any atom is 0.142 e. The maximum atomic E-state index is 8.12. The third-order valence-corrected chi connectivity index (χ3v) is 2.86. The SMILES string of the molecule is [2H]C1([2H])CC(N)CCN1c1ncnc2[nH]ccc12. The number of fused-ring (bicyclic) bond motifs is 1. The Morgan fingerprint density at radius 1 is 1.50 bits per heavy atom. The minimum absolute atomic E-state index is 0.0835. The lowest BCUT2D eigenvalue weighted by atomic mass is 10.1. The lowest BCUT2D eigenvalue weighted by molar-refractivity contribution is 0.499. The van der Waals surface area contributed by atoms with Crippen molar-refractivity contribution in [1.82, 2.24) is 15.0 Å². The van der Waals surface area contributed by atoms with Crippen LogP contribution in [0.3, 0.4) is 0 Å². The summed E-state index contributed by atoms with van der Waals surface area (Å²) >= 11 is 0. The number of nitrogens with one attached hydrogen (secondary N) is 1. The van der Waals surface area contributed by atoms with E-state index in [0.717, 1.165) is 17.5 Å². The van der Waals surface area contributed by atoms with Crippen LogP contribution in [0, 0.1) is 0 Å². The molecule has 0 spiro atoms. The van der Waals surface area contributed by atoms with Crippen LogP contribution in [0.5, 0.6) is 0 Å². The van der Waals surface area contributed by atoms with Crippen molar-refractivity contribution in [3.8, 4) is 0 Å². The molecule has 1 fully saturated rings. The molecule has 2 aromatic rings. The fourth-order valence-corrected chi connectivity index (χ4v) is 1.96. The molecule has 1 unspecified atom stereocenters. The normalized spacial score (nSPS) is 26.6. The number of anilines is 1. The first-order valence-electron chi connectivity index (χ1n) is 6.39. The zero-order chi connectivity index (χ0) is 12.8. The third-order valence-electron chi connectivity index (χ3n) is 2.86. The van der Waals surface area contributed by atoms with Crippen molar-refractivity contribution in [1.29, 1.82) is 0 Å². The summed E-state index contributed by atoms with van der Waals surface area (Å²) < 4.78 is 16.2. The Labute approximate surface area is 96.5 Å². The van der Waals surface area contributed by atoms with Gasteiger partial charge in [-0.05, 0) is 18.9 Å². The van der Waals surface area contributed by atoms with Gasteiger partial charge in [0.15, 0.2) is 0 Å². The summed E-state index contributed by atoms with van der Waals surface area (Å²) in [7, 11) is 0. The number of nitrogens with two attached hydrogens (primary N) is 1. The molecule has 2 aromatic heterocycles. The number of rotatable bonds is 1. The van der Waals surface area contributed by atoms with Crippen LogP contribution in [0.25, 0.3) is 11.0 Å². The van der Waals surface area contributed by atoms with E-state index < -0.39 is 6.50 Å².